The first kappa shape index (κ1) is 23.8. The van der Waals surface area contributed by atoms with E-state index in [1.165, 1.54) is 11.3 Å². The number of H-pyrrole nitrogens is 1. The van der Waals surface area contributed by atoms with Gasteiger partial charge < -0.3 is 14.5 Å². The molecule has 1 aliphatic rings. The molecule has 5 rings (SSSR count). The van der Waals surface area contributed by atoms with Gasteiger partial charge in [-0.2, -0.15) is 0 Å². The van der Waals surface area contributed by atoms with Crippen LogP contribution in [-0.4, -0.2) is 28.7 Å². The molecule has 0 spiro atoms. The van der Waals surface area contributed by atoms with E-state index in [1.54, 1.807) is 32.4 Å². The highest BCUT2D eigenvalue weighted by atomic mass is 32.1. The van der Waals surface area contributed by atoms with E-state index in [1.807, 2.05) is 61.5 Å². The predicted molar refractivity (Wildman–Crippen MR) is 141 cm³/mol. The third-order valence-corrected chi connectivity index (χ3v) is 7.22. The minimum absolute atomic E-state index is 0.202. The fourth-order valence-electron chi connectivity index (χ4n) is 4.58. The van der Waals surface area contributed by atoms with Crippen LogP contribution in [0.3, 0.4) is 0 Å². The number of hydrogen-bond acceptors (Lipinski definition) is 6. The average molecular weight is 502 g/mol. The van der Waals surface area contributed by atoms with E-state index >= 15 is 0 Å². The summed E-state index contributed by atoms with van der Waals surface area (Å²) in [6.45, 7) is 7.38. The third-order valence-electron chi connectivity index (χ3n) is 6.23. The number of benzene rings is 2. The number of methoxy groups -OCH3 is 1. The zero-order valence-electron chi connectivity index (χ0n) is 20.8. The van der Waals surface area contributed by atoms with E-state index < -0.39 is 12.0 Å². The number of aromatic nitrogens is 2. The fraction of sp³-hybridized carbons (Fsp3) is 0.250. The Morgan fingerprint density at radius 2 is 1.86 bits per heavy atom. The maximum absolute atomic E-state index is 13.9. The highest BCUT2D eigenvalue weighted by Gasteiger charge is 2.33. The van der Waals surface area contributed by atoms with Crippen LogP contribution in [0.5, 0.6) is 5.75 Å². The molecule has 2 aromatic heterocycles. The number of carbonyl (C=O) groups excluding carboxylic acids is 1. The van der Waals surface area contributed by atoms with Gasteiger partial charge in [-0.3, -0.25) is 9.36 Å². The maximum Gasteiger partial charge on any atom is 0.338 e. The molecule has 0 saturated heterocycles. The van der Waals surface area contributed by atoms with Crippen LogP contribution in [0, 0.1) is 6.92 Å². The van der Waals surface area contributed by atoms with Crippen molar-refractivity contribution in [1.82, 2.24) is 9.55 Å². The van der Waals surface area contributed by atoms with E-state index in [0.29, 0.717) is 26.4 Å². The molecule has 7 nitrogen and oxygen atoms in total. The van der Waals surface area contributed by atoms with Crippen molar-refractivity contribution in [3.05, 3.63) is 96.3 Å². The van der Waals surface area contributed by atoms with Gasteiger partial charge in [0, 0.05) is 22.2 Å². The van der Waals surface area contributed by atoms with Crippen LogP contribution >= 0.6 is 11.3 Å². The van der Waals surface area contributed by atoms with E-state index in [4.69, 9.17) is 9.47 Å². The number of para-hydroxylation sites is 1. The van der Waals surface area contributed by atoms with Gasteiger partial charge in [0.2, 0.25) is 0 Å². The Bertz CT molecular complexity index is 1690. The van der Waals surface area contributed by atoms with Gasteiger partial charge in [0.15, 0.2) is 4.80 Å². The van der Waals surface area contributed by atoms with Crippen LogP contribution in [-0.2, 0) is 9.53 Å². The summed E-state index contributed by atoms with van der Waals surface area (Å²) >= 11 is 1.32. The summed E-state index contributed by atoms with van der Waals surface area (Å²) in [6.07, 6.45) is 1.61. The van der Waals surface area contributed by atoms with Crippen molar-refractivity contribution >= 4 is 34.3 Å². The fourth-order valence-corrected chi connectivity index (χ4v) is 5.61. The van der Waals surface area contributed by atoms with Crippen LogP contribution in [0.4, 0.5) is 0 Å². The monoisotopic (exact) mass is 501 g/mol. The van der Waals surface area contributed by atoms with E-state index in [2.05, 4.69) is 9.98 Å². The molecule has 0 aliphatic carbocycles. The second kappa shape index (κ2) is 9.28. The second-order valence-electron chi connectivity index (χ2n) is 9.02. The summed E-state index contributed by atoms with van der Waals surface area (Å²) in [5.41, 5.74) is 4.43. The Morgan fingerprint density at radius 3 is 2.56 bits per heavy atom. The number of allylic oxidation sites excluding steroid dienone is 1. The topological polar surface area (TPSA) is 85.7 Å². The maximum atomic E-state index is 13.9. The Balaban J connectivity index is 1.74. The van der Waals surface area contributed by atoms with E-state index in [9.17, 15) is 9.59 Å². The number of esters is 1. The first-order valence-corrected chi connectivity index (χ1v) is 12.5. The van der Waals surface area contributed by atoms with Gasteiger partial charge in [-0.05, 0) is 57.5 Å². The standard InChI is InChI=1S/C28H27N3O4S/c1-15(2)35-27(33)24-17(4)30-28-31(25(24)18-10-12-19(34-5)13-11-18)26(32)23(36-28)14-21-16(3)29-22-9-7-6-8-20(21)22/h6-15,25,29H,1-5H3/b23-14-/t25-/m1/s1. The SMILES string of the molecule is COc1ccc([C@@H]2C(C(=O)OC(C)C)=C(C)N=c3s/c(=C\c4c(C)[nH]c5ccccc45)c(=O)n32)cc1. The van der Waals surface area contributed by atoms with Crippen molar-refractivity contribution in [2.45, 2.75) is 39.8 Å². The molecule has 184 valence electrons. The van der Waals surface area contributed by atoms with Crippen molar-refractivity contribution < 1.29 is 14.3 Å². The summed E-state index contributed by atoms with van der Waals surface area (Å²) in [6, 6.07) is 14.7. The molecular formula is C28H27N3O4S. The Labute approximate surface area is 212 Å². The van der Waals surface area contributed by atoms with Gasteiger partial charge in [0.05, 0.1) is 35.1 Å². The molecule has 36 heavy (non-hydrogen) atoms. The highest BCUT2D eigenvalue weighted by molar-refractivity contribution is 7.07. The van der Waals surface area contributed by atoms with Crippen molar-refractivity contribution in [2.24, 2.45) is 4.99 Å². The minimum Gasteiger partial charge on any atom is -0.497 e. The molecule has 0 unspecified atom stereocenters. The molecular weight excluding hydrogens is 474 g/mol. The number of carbonyl (C=O) groups is 1. The molecule has 0 saturated carbocycles. The largest absolute Gasteiger partial charge is 0.497 e. The highest BCUT2D eigenvalue weighted by Crippen LogP contribution is 2.32. The minimum atomic E-state index is -0.662. The molecule has 2 aromatic carbocycles. The second-order valence-corrected chi connectivity index (χ2v) is 10.0. The number of nitrogens with one attached hydrogen (secondary N) is 1. The molecule has 0 amide bonds. The van der Waals surface area contributed by atoms with Crippen LogP contribution in [0.25, 0.3) is 17.0 Å². The smallest absolute Gasteiger partial charge is 0.338 e. The quantitative estimate of drug-likeness (QED) is 0.419. The molecule has 3 heterocycles. The summed E-state index contributed by atoms with van der Waals surface area (Å²) < 4.78 is 13.0. The molecule has 1 atom stereocenters. The van der Waals surface area contributed by atoms with Gasteiger partial charge in [0.25, 0.3) is 5.56 Å². The first-order chi connectivity index (χ1) is 17.3. The summed E-state index contributed by atoms with van der Waals surface area (Å²) in [7, 11) is 1.60. The molecule has 8 heteroatoms. The number of rotatable bonds is 5. The first-order valence-electron chi connectivity index (χ1n) is 11.7. The third kappa shape index (κ3) is 4.07. The number of ether oxygens (including phenoxy) is 2. The molecule has 1 aliphatic heterocycles. The number of thiazole rings is 1. The lowest BCUT2D eigenvalue weighted by Crippen LogP contribution is -2.40. The van der Waals surface area contributed by atoms with Gasteiger partial charge in [-0.1, -0.05) is 41.7 Å². The number of nitrogens with zero attached hydrogens (tertiary/aromatic N) is 2. The molecule has 1 N–H and O–H groups in total. The number of aryl methyl sites for hydroxylation is 1. The molecule has 4 aromatic rings. The predicted octanol–water partition coefficient (Wildman–Crippen LogP) is 3.99. The summed E-state index contributed by atoms with van der Waals surface area (Å²) in [5.74, 6) is 0.210. The van der Waals surface area contributed by atoms with Crippen LogP contribution in [0.2, 0.25) is 0 Å². The van der Waals surface area contributed by atoms with Gasteiger partial charge in [-0.25, -0.2) is 9.79 Å². The van der Waals surface area contributed by atoms with Crippen LogP contribution < -0.4 is 19.6 Å². The van der Waals surface area contributed by atoms with Gasteiger partial charge >= 0.3 is 5.97 Å². The number of fused-ring (bicyclic) bond motifs is 2. The van der Waals surface area contributed by atoms with Crippen molar-refractivity contribution in [3.8, 4) is 5.75 Å². The normalized spacial score (nSPS) is 15.8. The lowest BCUT2D eigenvalue weighted by Gasteiger charge is -2.25. The van der Waals surface area contributed by atoms with Crippen molar-refractivity contribution in [2.75, 3.05) is 7.11 Å². The van der Waals surface area contributed by atoms with Crippen molar-refractivity contribution in [3.63, 3.8) is 0 Å². The van der Waals surface area contributed by atoms with Gasteiger partial charge in [0.1, 0.15) is 5.75 Å². The zero-order chi connectivity index (χ0) is 25.6. The molecule has 0 fully saturated rings. The Kier molecular flexibility index (Phi) is 6.14. The Hall–Kier alpha value is -3.91. The molecule has 0 bridgehead atoms. The van der Waals surface area contributed by atoms with Crippen LogP contribution in [0.1, 0.15) is 43.6 Å². The molecule has 0 radical (unpaired) electrons. The van der Waals surface area contributed by atoms with Gasteiger partial charge in [-0.15, -0.1) is 0 Å². The average Bonchev–Trinajstić information content (AvgIpc) is 3.33. The lowest BCUT2D eigenvalue weighted by atomic mass is 9.96. The lowest BCUT2D eigenvalue weighted by molar-refractivity contribution is -0.143. The number of hydrogen-bond donors (Lipinski definition) is 1. The van der Waals surface area contributed by atoms with E-state index in [-0.39, 0.29) is 11.7 Å². The summed E-state index contributed by atoms with van der Waals surface area (Å²) in [4.78, 5) is 35.7. The van der Waals surface area contributed by atoms with E-state index in [0.717, 1.165) is 27.7 Å². The zero-order valence-corrected chi connectivity index (χ0v) is 21.6. The summed E-state index contributed by atoms with van der Waals surface area (Å²) in [5, 5.41) is 1.05. The number of aromatic amines is 1. The van der Waals surface area contributed by atoms with Crippen LogP contribution in [0.15, 0.2) is 69.6 Å². The van der Waals surface area contributed by atoms with Crippen molar-refractivity contribution in [1.29, 1.82) is 0 Å². The Morgan fingerprint density at radius 1 is 1.14 bits per heavy atom.